The molecule has 0 fully saturated rings. The van der Waals surface area contributed by atoms with Gasteiger partial charge in [-0.15, -0.1) is 0 Å². The molecule has 4 nitrogen and oxygen atoms in total. The summed E-state index contributed by atoms with van der Waals surface area (Å²) in [4.78, 5) is 16.1. The maximum Gasteiger partial charge on any atom is 0.323 e. The van der Waals surface area contributed by atoms with E-state index in [4.69, 9.17) is 16.3 Å². The zero-order valence-corrected chi connectivity index (χ0v) is 7.61. The summed E-state index contributed by atoms with van der Waals surface area (Å²) in [6.07, 6.45) is 0. The Morgan fingerprint density at radius 3 is 2.85 bits per heavy atom. The maximum atomic E-state index is 10.9. The minimum atomic E-state index is -0.273. The quantitative estimate of drug-likeness (QED) is 0.730. The van der Waals surface area contributed by atoms with E-state index < -0.39 is 0 Å². The molecule has 0 aliphatic carbocycles. The number of nitrogens with one attached hydrogen (secondary N) is 2. The molecule has 5 heteroatoms. The van der Waals surface area contributed by atoms with Gasteiger partial charge in [-0.2, -0.15) is 0 Å². The molecule has 0 amide bonds. The number of H-pyrrole nitrogens is 2. The molecule has 0 spiro atoms. The van der Waals surface area contributed by atoms with E-state index in [-0.39, 0.29) is 5.69 Å². The molecule has 1 aromatic heterocycles. The largest absolute Gasteiger partial charge is 0.495 e. The van der Waals surface area contributed by atoms with Crippen LogP contribution in [0.4, 0.5) is 0 Å². The molecule has 0 aliphatic rings. The first-order valence-electron chi connectivity index (χ1n) is 3.67. The molecule has 2 N–H and O–H groups in total. The summed E-state index contributed by atoms with van der Waals surface area (Å²) >= 11 is 5.94. The third kappa shape index (κ3) is 1.19. The Balaban J connectivity index is 2.85. The van der Waals surface area contributed by atoms with Crippen LogP contribution in [0.2, 0.25) is 5.02 Å². The second-order valence-electron chi connectivity index (χ2n) is 2.58. The first-order valence-corrected chi connectivity index (χ1v) is 4.04. The highest BCUT2D eigenvalue weighted by Crippen LogP contribution is 2.29. The Hall–Kier alpha value is -1.42. The number of hydrogen-bond acceptors (Lipinski definition) is 2. The Morgan fingerprint density at radius 1 is 1.38 bits per heavy atom. The molecular formula is C8H7ClN2O2. The van der Waals surface area contributed by atoms with Gasteiger partial charge in [0.05, 0.1) is 18.1 Å². The zero-order valence-electron chi connectivity index (χ0n) is 6.85. The number of ether oxygens (including phenoxy) is 1. The van der Waals surface area contributed by atoms with Gasteiger partial charge >= 0.3 is 5.69 Å². The molecule has 0 radical (unpaired) electrons. The van der Waals surface area contributed by atoms with Crippen molar-refractivity contribution >= 4 is 22.6 Å². The lowest BCUT2D eigenvalue weighted by Crippen LogP contribution is -1.99. The Morgan fingerprint density at radius 2 is 2.15 bits per heavy atom. The van der Waals surface area contributed by atoms with Crippen LogP contribution in [0.25, 0.3) is 11.0 Å². The van der Waals surface area contributed by atoms with Crippen molar-refractivity contribution in [3.05, 3.63) is 27.6 Å². The number of aromatic nitrogens is 2. The lowest BCUT2D eigenvalue weighted by molar-refractivity contribution is 0.415. The summed E-state index contributed by atoms with van der Waals surface area (Å²) in [6, 6.07) is 3.44. The van der Waals surface area contributed by atoms with E-state index in [1.165, 1.54) is 7.11 Å². The van der Waals surface area contributed by atoms with Crippen molar-refractivity contribution in [1.29, 1.82) is 0 Å². The second kappa shape index (κ2) is 2.81. The lowest BCUT2D eigenvalue weighted by atomic mass is 10.3. The molecule has 1 aromatic carbocycles. The van der Waals surface area contributed by atoms with Gasteiger partial charge in [0.15, 0.2) is 0 Å². The first kappa shape index (κ1) is 8.19. The Labute approximate surface area is 78.5 Å². The normalized spacial score (nSPS) is 10.6. The van der Waals surface area contributed by atoms with E-state index in [1.54, 1.807) is 12.1 Å². The number of imidazole rings is 1. The molecule has 0 unspecified atom stereocenters. The fourth-order valence-corrected chi connectivity index (χ4v) is 1.50. The van der Waals surface area contributed by atoms with Crippen molar-refractivity contribution in [2.75, 3.05) is 7.11 Å². The van der Waals surface area contributed by atoms with E-state index in [0.717, 1.165) is 0 Å². The monoisotopic (exact) mass is 198 g/mol. The fraction of sp³-hybridized carbons (Fsp3) is 0.125. The van der Waals surface area contributed by atoms with E-state index in [0.29, 0.717) is 21.8 Å². The van der Waals surface area contributed by atoms with Crippen LogP contribution in [0.1, 0.15) is 0 Å². The van der Waals surface area contributed by atoms with E-state index >= 15 is 0 Å². The molecule has 2 rings (SSSR count). The van der Waals surface area contributed by atoms with Gasteiger partial charge in [-0.25, -0.2) is 4.79 Å². The summed E-state index contributed by atoms with van der Waals surface area (Å²) in [5.74, 6) is 0.546. The first-order chi connectivity index (χ1) is 6.22. The highest BCUT2D eigenvalue weighted by Gasteiger charge is 2.07. The molecule has 0 bridgehead atoms. The minimum Gasteiger partial charge on any atom is -0.495 e. The molecular weight excluding hydrogens is 192 g/mol. The van der Waals surface area contributed by atoms with Crippen LogP contribution in [0.15, 0.2) is 16.9 Å². The lowest BCUT2D eigenvalue weighted by Gasteiger charge is -2.01. The van der Waals surface area contributed by atoms with Crippen LogP contribution >= 0.6 is 11.6 Å². The van der Waals surface area contributed by atoms with Gasteiger partial charge in [0.1, 0.15) is 10.8 Å². The number of rotatable bonds is 1. The number of methoxy groups -OCH3 is 1. The third-order valence-corrected chi connectivity index (χ3v) is 2.19. The summed E-state index contributed by atoms with van der Waals surface area (Å²) in [6.45, 7) is 0. The van der Waals surface area contributed by atoms with Gasteiger partial charge in [0.2, 0.25) is 0 Å². The van der Waals surface area contributed by atoms with Crippen LogP contribution in [0.3, 0.4) is 0 Å². The van der Waals surface area contributed by atoms with Crippen LogP contribution < -0.4 is 10.4 Å². The maximum absolute atomic E-state index is 10.9. The number of halogens is 1. The highest BCUT2D eigenvalue weighted by molar-refractivity contribution is 6.36. The van der Waals surface area contributed by atoms with E-state index in [2.05, 4.69) is 9.97 Å². The molecule has 2 aromatic rings. The van der Waals surface area contributed by atoms with Crippen molar-refractivity contribution in [2.45, 2.75) is 0 Å². The smallest absolute Gasteiger partial charge is 0.323 e. The van der Waals surface area contributed by atoms with Crippen molar-refractivity contribution < 1.29 is 4.74 Å². The molecule has 0 atom stereocenters. The van der Waals surface area contributed by atoms with Crippen molar-refractivity contribution in [3.8, 4) is 5.75 Å². The standard InChI is InChI=1S/C8H7ClN2O2/c1-13-5-3-2-4-7(6(5)9)11-8(12)10-4/h2-3H,1H3,(H2,10,11,12). The van der Waals surface area contributed by atoms with E-state index in [1.807, 2.05) is 0 Å². The van der Waals surface area contributed by atoms with Crippen molar-refractivity contribution in [2.24, 2.45) is 0 Å². The summed E-state index contributed by atoms with van der Waals surface area (Å²) < 4.78 is 4.99. The number of hydrogen-bond donors (Lipinski definition) is 2. The molecule has 68 valence electrons. The van der Waals surface area contributed by atoms with Gasteiger partial charge in [-0.3, -0.25) is 0 Å². The molecule has 13 heavy (non-hydrogen) atoms. The van der Waals surface area contributed by atoms with Gasteiger partial charge in [-0.1, -0.05) is 11.6 Å². The van der Waals surface area contributed by atoms with Gasteiger partial charge in [-0.05, 0) is 12.1 Å². The Bertz CT molecular complexity index is 500. The van der Waals surface area contributed by atoms with Gasteiger partial charge < -0.3 is 14.7 Å². The zero-order chi connectivity index (χ0) is 9.42. The second-order valence-corrected chi connectivity index (χ2v) is 2.96. The summed E-state index contributed by atoms with van der Waals surface area (Å²) in [5, 5.41) is 0.415. The topological polar surface area (TPSA) is 57.9 Å². The average molecular weight is 199 g/mol. The number of benzene rings is 1. The SMILES string of the molecule is COc1ccc2[nH]c(=O)[nH]c2c1Cl. The predicted octanol–water partition coefficient (Wildman–Crippen LogP) is 1.52. The summed E-state index contributed by atoms with van der Waals surface area (Å²) in [5.41, 5.74) is 0.979. The third-order valence-electron chi connectivity index (χ3n) is 1.81. The molecule has 1 heterocycles. The van der Waals surface area contributed by atoms with Crippen LogP contribution in [0, 0.1) is 0 Å². The highest BCUT2D eigenvalue weighted by atomic mass is 35.5. The van der Waals surface area contributed by atoms with Gasteiger partial charge in [0.25, 0.3) is 0 Å². The van der Waals surface area contributed by atoms with Crippen molar-refractivity contribution in [3.63, 3.8) is 0 Å². The predicted molar refractivity (Wildman–Crippen MR) is 50.5 cm³/mol. The fourth-order valence-electron chi connectivity index (χ4n) is 1.21. The van der Waals surface area contributed by atoms with Crippen LogP contribution in [-0.2, 0) is 0 Å². The van der Waals surface area contributed by atoms with Crippen LogP contribution in [0.5, 0.6) is 5.75 Å². The minimum absolute atomic E-state index is 0.273. The number of fused-ring (bicyclic) bond motifs is 1. The van der Waals surface area contributed by atoms with Crippen LogP contribution in [-0.4, -0.2) is 17.1 Å². The molecule has 0 saturated carbocycles. The molecule has 0 saturated heterocycles. The Kier molecular flexibility index (Phi) is 1.77. The number of aromatic amines is 2. The average Bonchev–Trinajstić information content (AvgIpc) is 2.47. The molecule has 0 aliphatic heterocycles. The van der Waals surface area contributed by atoms with Crippen molar-refractivity contribution in [1.82, 2.24) is 9.97 Å². The van der Waals surface area contributed by atoms with E-state index in [9.17, 15) is 4.79 Å². The summed E-state index contributed by atoms with van der Waals surface area (Å²) in [7, 11) is 1.53. The van der Waals surface area contributed by atoms with Gasteiger partial charge in [0, 0.05) is 0 Å².